The maximum atomic E-state index is 11.0. The van der Waals surface area contributed by atoms with E-state index in [-0.39, 0.29) is 0 Å². The summed E-state index contributed by atoms with van der Waals surface area (Å²) in [7, 11) is -1.36. The van der Waals surface area contributed by atoms with Crippen molar-refractivity contribution in [3.8, 4) is 0 Å². The number of hydrogen-bond donors (Lipinski definition) is 0. The molecule has 0 aromatic heterocycles. The Labute approximate surface area is 84.1 Å². The Hall–Kier alpha value is 0.540. The number of rotatable bonds is 8. The summed E-state index contributed by atoms with van der Waals surface area (Å²) >= 11 is 3.37. The maximum Gasteiger partial charge on any atom is 0.508 e. The van der Waals surface area contributed by atoms with E-state index < -0.39 is 8.03 Å². The highest BCUT2D eigenvalue weighted by Crippen LogP contribution is 2.23. The van der Waals surface area contributed by atoms with Crippen molar-refractivity contribution in [3.63, 3.8) is 0 Å². The molecular formula is C8H17BrO2P+. The second-order valence-electron chi connectivity index (χ2n) is 2.58. The normalized spacial score (nSPS) is 11.7. The van der Waals surface area contributed by atoms with Crippen LogP contribution in [0.5, 0.6) is 0 Å². The highest BCUT2D eigenvalue weighted by atomic mass is 79.9. The monoisotopic (exact) mass is 255 g/mol. The molecule has 0 saturated heterocycles. The van der Waals surface area contributed by atoms with Crippen LogP contribution in [0.25, 0.3) is 0 Å². The molecule has 2 nitrogen and oxygen atoms in total. The van der Waals surface area contributed by atoms with Crippen molar-refractivity contribution >= 4 is 24.0 Å². The lowest BCUT2D eigenvalue weighted by atomic mass is 10.2. The first-order valence-corrected chi connectivity index (χ1v) is 6.93. The molecule has 0 aliphatic carbocycles. The molecule has 0 aromatic rings. The summed E-state index contributed by atoms with van der Waals surface area (Å²) in [5.74, 6) is 0. The zero-order valence-corrected chi connectivity index (χ0v) is 10.1. The summed E-state index contributed by atoms with van der Waals surface area (Å²) in [5, 5.41) is 1.07. The standard InChI is InChI=1S/C8H17BrO2P/c1-2-11-12(10)8-6-4-3-5-7-9/h2-8H2,1H3/q+1. The van der Waals surface area contributed by atoms with Gasteiger partial charge in [0.05, 0.1) is 6.61 Å². The van der Waals surface area contributed by atoms with Crippen molar-refractivity contribution in [2.45, 2.75) is 32.6 Å². The van der Waals surface area contributed by atoms with Gasteiger partial charge in [-0.3, -0.25) is 0 Å². The average Bonchev–Trinajstić information content (AvgIpc) is 2.05. The lowest BCUT2D eigenvalue weighted by Gasteiger charge is -1.92. The molecule has 0 heterocycles. The fourth-order valence-corrected chi connectivity index (χ4v) is 2.19. The van der Waals surface area contributed by atoms with Gasteiger partial charge in [-0.2, -0.15) is 0 Å². The van der Waals surface area contributed by atoms with Crippen LogP contribution in [-0.2, 0) is 9.09 Å². The zero-order valence-electron chi connectivity index (χ0n) is 7.59. The van der Waals surface area contributed by atoms with E-state index >= 15 is 0 Å². The second kappa shape index (κ2) is 9.63. The quantitative estimate of drug-likeness (QED) is 0.376. The van der Waals surface area contributed by atoms with Gasteiger partial charge in [-0.1, -0.05) is 22.4 Å². The van der Waals surface area contributed by atoms with Gasteiger partial charge in [0, 0.05) is 5.33 Å². The molecule has 12 heavy (non-hydrogen) atoms. The highest BCUT2D eigenvalue weighted by molar-refractivity contribution is 9.09. The molecule has 0 amide bonds. The van der Waals surface area contributed by atoms with E-state index in [2.05, 4.69) is 15.9 Å². The molecule has 0 saturated carbocycles. The summed E-state index contributed by atoms with van der Waals surface area (Å²) in [4.78, 5) is 0. The molecule has 72 valence electrons. The molecule has 4 heteroatoms. The molecule has 0 fully saturated rings. The van der Waals surface area contributed by atoms with Gasteiger partial charge < -0.3 is 0 Å². The van der Waals surface area contributed by atoms with Crippen LogP contribution in [0, 0.1) is 0 Å². The molecule has 0 spiro atoms. The predicted octanol–water partition coefficient (Wildman–Crippen LogP) is 3.72. The first-order valence-electron chi connectivity index (χ1n) is 4.44. The average molecular weight is 256 g/mol. The number of alkyl halides is 1. The van der Waals surface area contributed by atoms with Crippen LogP contribution in [0.2, 0.25) is 0 Å². The van der Waals surface area contributed by atoms with Gasteiger partial charge >= 0.3 is 8.03 Å². The predicted molar refractivity (Wildman–Crippen MR) is 56.4 cm³/mol. The number of unbranched alkanes of at least 4 members (excludes halogenated alkanes) is 3. The van der Waals surface area contributed by atoms with Crippen molar-refractivity contribution in [2.75, 3.05) is 18.1 Å². The first-order chi connectivity index (χ1) is 5.81. The van der Waals surface area contributed by atoms with Crippen LogP contribution < -0.4 is 0 Å². The molecule has 0 aromatic carbocycles. The summed E-state index contributed by atoms with van der Waals surface area (Å²) in [6.45, 7) is 2.44. The van der Waals surface area contributed by atoms with E-state index in [0.717, 1.165) is 17.9 Å². The summed E-state index contributed by atoms with van der Waals surface area (Å²) in [6, 6.07) is 0. The minimum absolute atomic E-state index is 0.566. The molecule has 0 N–H and O–H groups in total. The van der Waals surface area contributed by atoms with E-state index in [1.54, 1.807) is 0 Å². The van der Waals surface area contributed by atoms with Crippen LogP contribution in [0.3, 0.4) is 0 Å². The molecule has 1 atom stereocenters. The van der Waals surface area contributed by atoms with Crippen LogP contribution in [0.15, 0.2) is 0 Å². The van der Waals surface area contributed by atoms with Crippen molar-refractivity contribution in [1.29, 1.82) is 0 Å². The van der Waals surface area contributed by atoms with Gasteiger partial charge in [-0.15, -0.1) is 4.52 Å². The fourth-order valence-electron chi connectivity index (χ4n) is 0.897. The van der Waals surface area contributed by atoms with Crippen LogP contribution in [-0.4, -0.2) is 18.1 Å². The van der Waals surface area contributed by atoms with Crippen LogP contribution in [0.4, 0.5) is 0 Å². The molecular weight excluding hydrogens is 239 g/mol. The van der Waals surface area contributed by atoms with Gasteiger partial charge in [-0.25, -0.2) is 0 Å². The van der Waals surface area contributed by atoms with Crippen LogP contribution >= 0.6 is 24.0 Å². The summed E-state index contributed by atoms with van der Waals surface area (Å²) in [5.41, 5.74) is 0. The largest absolute Gasteiger partial charge is 0.508 e. The topological polar surface area (TPSA) is 26.3 Å². The van der Waals surface area contributed by atoms with Gasteiger partial charge in [0.1, 0.15) is 0 Å². The SMILES string of the molecule is CCO[P+](=O)CCCCCCBr. The summed E-state index contributed by atoms with van der Waals surface area (Å²) < 4.78 is 15.9. The van der Waals surface area contributed by atoms with E-state index in [9.17, 15) is 4.57 Å². The zero-order chi connectivity index (χ0) is 9.23. The van der Waals surface area contributed by atoms with E-state index in [4.69, 9.17) is 4.52 Å². The smallest absolute Gasteiger partial charge is 0.147 e. The molecule has 0 aliphatic heterocycles. The third-order valence-electron chi connectivity index (χ3n) is 1.50. The molecule has 1 unspecified atom stereocenters. The molecule has 0 radical (unpaired) electrons. The van der Waals surface area contributed by atoms with E-state index in [1.165, 1.54) is 19.3 Å². The van der Waals surface area contributed by atoms with Gasteiger partial charge in [0.25, 0.3) is 0 Å². The Morgan fingerprint density at radius 1 is 1.25 bits per heavy atom. The lowest BCUT2D eigenvalue weighted by molar-refractivity contribution is 0.349. The first kappa shape index (κ1) is 12.5. The third-order valence-corrected chi connectivity index (χ3v) is 3.29. The van der Waals surface area contributed by atoms with Crippen molar-refractivity contribution in [2.24, 2.45) is 0 Å². The number of hydrogen-bond acceptors (Lipinski definition) is 2. The Kier molecular flexibility index (Phi) is 10.1. The number of halogens is 1. The van der Waals surface area contributed by atoms with E-state index in [0.29, 0.717) is 6.61 Å². The second-order valence-corrected chi connectivity index (χ2v) is 4.74. The summed E-state index contributed by atoms with van der Waals surface area (Å²) in [6.07, 6.45) is 5.36. The molecule has 0 bridgehead atoms. The Bertz CT molecular complexity index is 120. The van der Waals surface area contributed by atoms with E-state index in [1.807, 2.05) is 6.92 Å². The maximum absolute atomic E-state index is 11.0. The van der Waals surface area contributed by atoms with Gasteiger partial charge in [0.15, 0.2) is 6.16 Å². The molecule has 0 aliphatic rings. The third kappa shape index (κ3) is 8.63. The van der Waals surface area contributed by atoms with Crippen molar-refractivity contribution in [3.05, 3.63) is 0 Å². The minimum Gasteiger partial charge on any atom is -0.147 e. The van der Waals surface area contributed by atoms with Crippen molar-refractivity contribution in [1.82, 2.24) is 0 Å². The Balaban J connectivity index is 3.03. The van der Waals surface area contributed by atoms with Crippen LogP contribution in [0.1, 0.15) is 32.6 Å². The lowest BCUT2D eigenvalue weighted by Crippen LogP contribution is -1.85. The van der Waals surface area contributed by atoms with Crippen molar-refractivity contribution < 1.29 is 9.09 Å². The fraction of sp³-hybridized carbons (Fsp3) is 1.00. The molecule has 0 rings (SSSR count). The Morgan fingerprint density at radius 2 is 1.92 bits per heavy atom. The minimum atomic E-state index is -1.36. The van der Waals surface area contributed by atoms with Gasteiger partial charge in [-0.05, 0) is 30.8 Å². The van der Waals surface area contributed by atoms with Gasteiger partial charge in [0.2, 0.25) is 0 Å². The Morgan fingerprint density at radius 3 is 2.50 bits per heavy atom. The highest BCUT2D eigenvalue weighted by Gasteiger charge is 2.14.